The van der Waals surface area contributed by atoms with Gasteiger partial charge < -0.3 is 9.88 Å². The molecule has 5 nitrogen and oxygen atoms in total. The third-order valence-corrected chi connectivity index (χ3v) is 4.45. The van der Waals surface area contributed by atoms with Gasteiger partial charge in [0.1, 0.15) is 0 Å². The minimum atomic E-state index is 0.512. The van der Waals surface area contributed by atoms with Gasteiger partial charge in [0.2, 0.25) is 0 Å². The van der Waals surface area contributed by atoms with Gasteiger partial charge in [-0.2, -0.15) is 5.10 Å². The first-order valence-electron chi connectivity index (χ1n) is 7.54. The molecule has 2 unspecified atom stereocenters. The van der Waals surface area contributed by atoms with E-state index >= 15 is 0 Å². The van der Waals surface area contributed by atoms with E-state index in [1.54, 1.807) is 0 Å². The largest absolute Gasteiger partial charge is 0.333 e. The van der Waals surface area contributed by atoms with E-state index in [1.165, 1.54) is 30.3 Å². The highest BCUT2D eigenvalue weighted by Gasteiger charge is 2.27. The number of imidazole rings is 1. The molecule has 1 saturated carbocycles. The van der Waals surface area contributed by atoms with Crippen LogP contribution in [0.1, 0.15) is 30.9 Å². The van der Waals surface area contributed by atoms with E-state index in [9.17, 15) is 0 Å². The Morgan fingerprint density at radius 3 is 3.14 bits per heavy atom. The van der Waals surface area contributed by atoms with Crippen LogP contribution in [-0.4, -0.2) is 25.2 Å². The zero-order chi connectivity index (χ0) is 14.1. The van der Waals surface area contributed by atoms with Crippen molar-refractivity contribution in [3.63, 3.8) is 0 Å². The second-order valence-corrected chi connectivity index (χ2v) is 5.70. The van der Waals surface area contributed by atoms with Crippen LogP contribution in [0.15, 0.2) is 49.3 Å². The first kappa shape index (κ1) is 12.6. The summed E-state index contributed by atoms with van der Waals surface area (Å²) in [6.45, 7) is 0.864. The van der Waals surface area contributed by atoms with Crippen molar-refractivity contribution in [2.24, 2.45) is 0 Å². The van der Waals surface area contributed by atoms with Crippen molar-refractivity contribution in [2.45, 2.75) is 37.9 Å². The minimum absolute atomic E-state index is 0.512. The van der Waals surface area contributed by atoms with Gasteiger partial charge in [-0.15, -0.1) is 0 Å². The van der Waals surface area contributed by atoms with Gasteiger partial charge >= 0.3 is 0 Å². The molecule has 0 bridgehead atoms. The molecule has 2 atom stereocenters. The second kappa shape index (κ2) is 5.33. The maximum absolute atomic E-state index is 4.39. The monoisotopic (exact) mass is 281 g/mol. The molecule has 3 heterocycles. The summed E-state index contributed by atoms with van der Waals surface area (Å²) in [5.41, 5.74) is 2.44. The molecule has 3 aromatic heterocycles. The van der Waals surface area contributed by atoms with Gasteiger partial charge in [0.15, 0.2) is 0 Å². The lowest BCUT2D eigenvalue weighted by molar-refractivity contribution is 0.391. The Labute approximate surface area is 123 Å². The van der Waals surface area contributed by atoms with Crippen LogP contribution >= 0.6 is 0 Å². The molecule has 108 valence electrons. The van der Waals surface area contributed by atoms with Crippen molar-refractivity contribution in [3.8, 4) is 0 Å². The van der Waals surface area contributed by atoms with Crippen LogP contribution in [0.5, 0.6) is 0 Å². The second-order valence-electron chi connectivity index (χ2n) is 5.70. The molecule has 1 aliphatic carbocycles. The van der Waals surface area contributed by atoms with Crippen molar-refractivity contribution in [2.75, 3.05) is 0 Å². The van der Waals surface area contributed by atoms with Crippen LogP contribution in [0.4, 0.5) is 0 Å². The third kappa shape index (κ3) is 2.34. The smallest absolute Gasteiger partial charge is 0.0949 e. The lowest BCUT2D eigenvalue weighted by atomic mass is 10.1. The molecule has 0 aliphatic heterocycles. The molecular weight excluding hydrogens is 262 g/mol. The van der Waals surface area contributed by atoms with Gasteiger partial charge in [0.05, 0.1) is 18.0 Å². The number of rotatable bonds is 4. The van der Waals surface area contributed by atoms with Crippen LogP contribution in [0.2, 0.25) is 0 Å². The first-order chi connectivity index (χ1) is 10.4. The number of nitrogens with one attached hydrogen (secondary N) is 1. The molecule has 1 fully saturated rings. The molecule has 0 spiro atoms. The fraction of sp³-hybridized carbons (Fsp3) is 0.375. The van der Waals surface area contributed by atoms with Crippen molar-refractivity contribution in [3.05, 3.63) is 54.9 Å². The summed E-state index contributed by atoms with van der Waals surface area (Å²) >= 11 is 0. The molecule has 1 aliphatic rings. The SMILES string of the molecule is c1ccn2ncc(CNC3CCCC3n3ccnc3)c2c1. The summed E-state index contributed by atoms with van der Waals surface area (Å²) in [6, 6.07) is 7.21. The van der Waals surface area contributed by atoms with Gasteiger partial charge in [0.25, 0.3) is 0 Å². The predicted octanol–water partition coefficient (Wildman–Crippen LogP) is 2.41. The number of pyridine rings is 1. The number of nitrogens with zero attached hydrogens (tertiary/aromatic N) is 4. The van der Waals surface area contributed by atoms with E-state index in [0.29, 0.717) is 12.1 Å². The van der Waals surface area contributed by atoms with E-state index in [1.807, 2.05) is 35.5 Å². The Kier molecular flexibility index (Phi) is 3.20. The van der Waals surface area contributed by atoms with Crippen LogP contribution in [0.25, 0.3) is 5.52 Å². The molecule has 0 amide bonds. The minimum Gasteiger partial charge on any atom is -0.333 e. The maximum atomic E-state index is 4.39. The Hall–Kier alpha value is -2.14. The van der Waals surface area contributed by atoms with Gasteiger partial charge in [-0.1, -0.05) is 6.07 Å². The van der Waals surface area contributed by atoms with Crippen molar-refractivity contribution in [1.29, 1.82) is 0 Å². The van der Waals surface area contributed by atoms with E-state index in [2.05, 4.69) is 38.3 Å². The van der Waals surface area contributed by atoms with Gasteiger partial charge in [-0.25, -0.2) is 9.50 Å². The summed E-state index contributed by atoms with van der Waals surface area (Å²) in [6.07, 6.45) is 13.5. The van der Waals surface area contributed by atoms with Gasteiger partial charge in [-0.05, 0) is 31.4 Å². The van der Waals surface area contributed by atoms with Crippen molar-refractivity contribution >= 4 is 5.52 Å². The molecule has 21 heavy (non-hydrogen) atoms. The van der Waals surface area contributed by atoms with E-state index in [4.69, 9.17) is 0 Å². The summed E-state index contributed by atoms with van der Waals surface area (Å²) in [5, 5.41) is 8.11. The molecule has 0 saturated heterocycles. The van der Waals surface area contributed by atoms with E-state index < -0.39 is 0 Å². The van der Waals surface area contributed by atoms with Crippen molar-refractivity contribution < 1.29 is 0 Å². The average molecular weight is 281 g/mol. The Balaban J connectivity index is 1.49. The highest BCUT2D eigenvalue weighted by Crippen LogP contribution is 2.30. The molecule has 0 radical (unpaired) electrons. The zero-order valence-electron chi connectivity index (χ0n) is 11.9. The molecule has 5 heteroatoms. The fourth-order valence-electron chi connectivity index (χ4n) is 3.37. The summed E-state index contributed by atoms with van der Waals surface area (Å²) < 4.78 is 4.17. The number of hydrogen-bond donors (Lipinski definition) is 1. The molecule has 3 aromatic rings. The highest BCUT2D eigenvalue weighted by atomic mass is 15.2. The number of hydrogen-bond acceptors (Lipinski definition) is 3. The number of fused-ring (bicyclic) bond motifs is 1. The zero-order valence-corrected chi connectivity index (χ0v) is 11.9. The molecule has 0 aromatic carbocycles. The fourth-order valence-corrected chi connectivity index (χ4v) is 3.37. The van der Waals surface area contributed by atoms with Crippen LogP contribution in [0.3, 0.4) is 0 Å². The first-order valence-corrected chi connectivity index (χ1v) is 7.54. The topological polar surface area (TPSA) is 47.1 Å². The standard InChI is InChI=1S/C16H19N5/c1-2-8-21-15(5-1)13(11-19-21)10-18-14-4-3-6-16(14)20-9-7-17-12-20/h1-2,5,7-9,11-12,14,16,18H,3-4,6,10H2. The van der Waals surface area contributed by atoms with Gasteiger partial charge in [-0.3, -0.25) is 0 Å². The quantitative estimate of drug-likeness (QED) is 0.799. The lowest BCUT2D eigenvalue weighted by Crippen LogP contribution is -2.33. The van der Waals surface area contributed by atoms with Crippen LogP contribution in [0, 0.1) is 0 Å². The number of aromatic nitrogens is 4. The normalized spacial score (nSPS) is 22.1. The van der Waals surface area contributed by atoms with E-state index in [0.717, 1.165) is 6.54 Å². The summed E-state index contributed by atoms with van der Waals surface area (Å²) in [5.74, 6) is 0. The predicted molar refractivity (Wildman–Crippen MR) is 80.9 cm³/mol. The maximum Gasteiger partial charge on any atom is 0.0949 e. The van der Waals surface area contributed by atoms with Crippen LogP contribution in [-0.2, 0) is 6.54 Å². The summed E-state index contributed by atoms with van der Waals surface area (Å²) in [7, 11) is 0. The molecule has 4 rings (SSSR count). The molecule has 1 N–H and O–H groups in total. The van der Waals surface area contributed by atoms with Crippen molar-refractivity contribution in [1.82, 2.24) is 24.5 Å². The lowest BCUT2D eigenvalue weighted by Gasteiger charge is -2.22. The third-order valence-electron chi connectivity index (χ3n) is 4.45. The van der Waals surface area contributed by atoms with E-state index in [-0.39, 0.29) is 0 Å². The molecular formula is C16H19N5. The highest BCUT2D eigenvalue weighted by molar-refractivity contribution is 5.53. The Morgan fingerprint density at radius 1 is 1.24 bits per heavy atom. The average Bonchev–Trinajstić information content (AvgIpc) is 3.25. The van der Waals surface area contributed by atoms with Crippen LogP contribution < -0.4 is 5.32 Å². The Morgan fingerprint density at radius 2 is 2.24 bits per heavy atom. The van der Waals surface area contributed by atoms with Gasteiger partial charge in [0, 0.05) is 42.8 Å². The summed E-state index contributed by atoms with van der Waals surface area (Å²) in [4.78, 5) is 4.17. The Bertz CT molecular complexity index is 715.